The fourth-order valence-electron chi connectivity index (χ4n) is 4.60. The molecule has 0 aromatic heterocycles. The molecule has 36 heavy (non-hydrogen) atoms. The first kappa shape index (κ1) is 25.5. The molecule has 2 aromatic carbocycles. The van der Waals surface area contributed by atoms with Gasteiger partial charge in [-0.05, 0) is 61.6 Å². The Bertz CT molecular complexity index is 1130. The topological polar surface area (TPSA) is 105 Å². The minimum absolute atomic E-state index is 0.0450. The number of carbonyl (C=O) groups is 3. The SMILES string of the molecule is NC(=O)c1ccccc1[CH]CCN1CCC2(CC1)NC(=O)N(Cc1ccc(OC(F)(F)F)cc1)C2=O. The number of ether oxygens (including phenoxy) is 1. The molecule has 191 valence electrons. The van der Waals surface area contributed by atoms with E-state index in [-0.39, 0.29) is 18.2 Å². The van der Waals surface area contributed by atoms with Gasteiger partial charge in [0.2, 0.25) is 5.91 Å². The van der Waals surface area contributed by atoms with Crippen LogP contribution in [0, 0.1) is 6.42 Å². The molecular formula is C25H26F3N4O4. The predicted octanol–water partition coefficient (Wildman–Crippen LogP) is 3.21. The summed E-state index contributed by atoms with van der Waals surface area (Å²) in [5.41, 5.74) is 6.21. The summed E-state index contributed by atoms with van der Waals surface area (Å²) in [5.74, 6) is -1.18. The number of hydrogen-bond acceptors (Lipinski definition) is 5. The average Bonchev–Trinajstić information content (AvgIpc) is 3.05. The Balaban J connectivity index is 1.29. The summed E-state index contributed by atoms with van der Waals surface area (Å²) < 4.78 is 40.9. The molecule has 0 unspecified atom stereocenters. The van der Waals surface area contributed by atoms with Gasteiger partial charge in [-0.1, -0.05) is 30.3 Å². The van der Waals surface area contributed by atoms with Crippen LogP contribution in [0.15, 0.2) is 48.5 Å². The molecule has 2 aromatic rings. The van der Waals surface area contributed by atoms with Crippen LogP contribution in [0.1, 0.15) is 40.7 Å². The third-order valence-corrected chi connectivity index (χ3v) is 6.49. The summed E-state index contributed by atoms with van der Waals surface area (Å²) in [6.07, 6.45) is -1.24. The minimum Gasteiger partial charge on any atom is -0.406 e. The van der Waals surface area contributed by atoms with Crippen molar-refractivity contribution in [2.45, 2.75) is 37.7 Å². The lowest BCUT2D eigenvalue weighted by Gasteiger charge is -2.37. The average molecular weight is 504 g/mol. The van der Waals surface area contributed by atoms with Crippen molar-refractivity contribution in [3.8, 4) is 5.75 Å². The number of imide groups is 1. The molecule has 3 N–H and O–H groups in total. The monoisotopic (exact) mass is 503 g/mol. The van der Waals surface area contributed by atoms with Crippen LogP contribution < -0.4 is 15.8 Å². The Morgan fingerprint density at radius 1 is 1.08 bits per heavy atom. The van der Waals surface area contributed by atoms with Crippen molar-refractivity contribution >= 4 is 17.8 Å². The minimum atomic E-state index is -4.79. The Morgan fingerprint density at radius 2 is 1.75 bits per heavy atom. The number of nitrogens with one attached hydrogen (secondary N) is 1. The molecule has 4 rings (SSSR count). The molecule has 0 aliphatic carbocycles. The van der Waals surface area contributed by atoms with Crippen molar-refractivity contribution in [2.24, 2.45) is 5.73 Å². The molecular weight excluding hydrogens is 477 g/mol. The lowest BCUT2D eigenvalue weighted by molar-refractivity contribution is -0.274. The van der Waals surface area contributed by atoms with Crippen LogP contribution in [0.25, 0.3) is 0 Å². The number of benzene rings is 2. The van der Waals surface area contributed by atoms with E-state index < -0.39 is 23.8 Å². The van der Waals surface area contributed by atoms with Gasteiger partial charge in [0.15, 0.2) is 0 Å². The molecule has 2 aliphatic heterocycles. The Labute approximate surface area is 206 Å². The summed E-state index contributed by atoms with van der Waals surface area (Å²) in [6, 6.07) is 11.7. The van der Waals surface area contributed by atoms with E-state index >= 15 is 0 Å². The maximum atomic E-state index is 13.2. The van der Waals surface area contributed by atoms with Gasteiger partial charge in [0.1, 0.15) is 11.3 Å². The van der Waals surface area contributed by atoms with Gasteiger partial charge in [-0.25, -0.2) is 4.79 Å². The van der Waals surface area contributed by atoms with Crippen LogP contribution in [0.2, 0.25) is 0 Å². The highest BCUT2D eigenvalue weighted by Crippen LogP contribution is 2.31. The van der Waals surface area contributed by atoms with E-state index in [0.717, 1.165) is 29.1 Å². The molecule has 0 atom stereocenters. The van der Waals surface area contributed by atoms with Crippen LogP contribution >= 0.6 is 0 Å². The van der Waals surface area contributed by atoms with Crippen LogP contribution in [0.5, 0.6) is 5.75 Å². The molecule has 2 saturated heterocycles. The number of amides is 4. The van der Waals surface area contributed by atoms with Crippen LogP contribution in [0.4, 0.5) is 18.0 Å². The Morgan fingerprint density at radius 3 is 2.39 bits per heavy atom. The maximum Gasteiger partial charge on any atom is 0.573 e. The van der Waals surface area contributed by atoms with Crippen molar-refractivity contribution in [1.82, 2.24) is 15.1 Å². The van der Waals surface area contributed by atoms with Crippen molar-refractivity contribution < 1.29 is 32.3 Å². The van der Waals surface area contributed by atoms with E-state index in [0.29, 0.717) is 43.5 Å². The number of halogens is 3. The van der Waals surface area contributed by atoms with Gasteiger partial charge in [-0.3, -0.25) is 14.5 Å². The first-order valence-electron chi connectivity index (χ1n) is 11.5. The first-order valence-corrected chi connectivity index (χ1v) is 11.5. The smallest absolute Gasteiger partial charge is 0.406 e. The highest BCUT2D eigenvalue weighted by molar-refractivity contribution is 6.07. The number of nitrogens with zero attached hydrogens (tertiary/aromatic N) is 2. The van der Waals surface area contributed by atoms with Crippen LogP contribution in [-0.2, 0) is 11.3 Å². The molecule has 0 bridgehead atoms. The molecule has 2 fully saturated rings. The van der Waals surface area contributed by atoms with E-state index in [1.54, 1.807) is 12.1 Å². The van der Waals surface area contributed by atoms with Crippen molar-refractivity contribution in [3.63, 3.8) is 0 Å². The number of nitrogens with two attached hydrogens (primary N) is 1. The summed E-state index contributed by atoms with van der Waals surface area (Å²) in [4.78, 5) is 40.6. The number of hydrogen-bond donors (Lipinski definition) is 2. The van der Waals surface area contributed by atoms with E-state index in [4.69, 9.17) is 5.73 Å². The zero-order chi connectivity index (χ0) is 25.9. The molecule has 4 amide bonds. The first-order chi connectivity index (χ1) is 17.1. The number of rotatable bonds is 8. The molecule has 1 spiro atoms. The third kappa shape index (κ3) is 5.78. The second kappa shape index (κ2) is 10.2. The molecule has 2 aliphatic rings. The fourth-order valence-corrected chi connectivity index (χ4v) is 4.60. The number of carbonyl (C=O) groups excluding carboxylic acids is 3. The summed E-state index contributed by atoms with van der Waals surface area (Å²) in [7, 11) is 0. The molecule has 11 heteroatoms. The van der Waals surface area contributed by atoms with Gasteiger partial charge >= 0.3 is 12.4 Å². The standard InChI is InChI=1S/C25H26F3N4O4/c26-25(27,28)36-19-9-7-17(8-10-19)16-32-22(34)24(30-23(32)35)11-14-31(15-12-24)13-3-5-18-4-1-2-6-20(18)21(29)33/h1-2,4-10H,3,11-16H2,(H2,29,33)(H,30,35). The lowest BCUT2D eigenvalue weighted by atomic mass is 9.87. The quantitative estimate of drug-likeness (QED) is 0.539. The van der Waals surface area contributed by atoms with Gasteiger partial charge in [0.05, 0.1) is 6.54 Å². The number of piperidine rings is 1. The molecule has 8 nitrogen and oxygen atoms in total. The molecule has 1 radical (unpaired) electrons. The largest absolute Gasteiger partial charge is 0.573 e. The summed E-state index contributed by atoms with van der Waals surface area (Å²) in [6.45, 7) is 1.89. The summed E-state index contributed by atoms with van der Waals surface area (Å²) >= 11 is 0. The van der Waals surface area contributed by atoms with Gasteiger partial charge in [-0.2, -0.15) is 0 Å². The highest BCUT2D eigenvalue weighted by Gasteiger charge is 2.52. The lowest BCUT2D eigenvalue weighted by Crippen LogP contribution is -2.55. The zero-order valence-electron chi connectivity index (χ0n) is 19.4. The van der Waals surface area contributed by atoms with E-state index in [1.165, 1.54) is 12.1 Å². The van der Waals surface area contributed by atoms with Crippen molar-refractivity contribution in [2.75, 3.05) is 19.6 Å². The normalized spacial score (nSPS) is 17.9. The van der Waals surface area contributed by atoms with E-state index in [9.17, 15) is 27.6 Å². The Kier molecular flexibility index (Phi) is 7.21. The van der Waals surface area contributed by atoms with Crippen molar-refractivity contribution in [1.29, 1.82) is 0 Å². The number of urea groups is 1. The van der Waals surface area contributed by atoms with Crippen LogP contribution in [-0.4, -0.2) is 59.2 Å². The predicted molar refractivity (Wildman–Crippen MR) is 124 cm³/mol. The Hall–Kier alpha value is -3.60. The number of alkyl halides is 3. The van der Waals surface area contributed by atoms with Gasteiger partial charge < -0.3 is 20.7 Å². The van der Waals surface area contributed by atoms with Gasteiger partial charge in [0.25, 0.3) is 5.91 Å². The number of likely N-dealkylation sites (tertiary alicyclic amines) is 1. The zero-order valence-corrected chi connectivity index (χ0v) is 19.4. The van der Waals surface area contributed by atoms with E-state index in [2.05, 4.69) is 15.0 Å². The van der Waals surface area contributed by atoms with Crippen molar-refractivity contribution in [3.05, 3.63) is 71.6 Å². The second-order valence-electron chi connectivity index (χ2n) is 8.88. The molecule has 0 saturated carbocycles. The summed E-state index contributed by atoms with van der Waals surface area (Å²) in [5, 5.41) is 2.83. The van der Waals surface area contributed by atoms with E-state index in [1.807, 2.05) is 18.6 Å². The maximum absolute atomic E-state index is 13.2. The fraction of sp³-hybridized carbons (Fsp3) is 0.360. The van der Waals surface area contributed by atoms with Gasteiger partial charge in [-0.15, -0.1) is 13.2 Å². The van der Waals surface area contributed by atoms with Crippen LogP contribution in [0.3, 0.4) is 0 Å². The molecule has 2 heterocycles. The highest BCUT2D eigenvalue weighted by atomic mass is 19.4. The van der Waals surface area contributed by atoms with Gasteiger partial charge in [0, 0.05) is 18.7 Å². The second-order valence-corrected chi connectivity index (χ2v) is 8.88. The third-order valence-electron chi connectivity index (χ3n) is 6.49. The number of primary amides is 1.